The van der Waals surface area contributed by atoms with Crippen LogP contribution in [0.5, 0.6) is 0 Å². The van der Waals surface area contributed by atoms with E-state index in [1.165, 1.54) is 18.4 Å². The fourth-order valence-corrected chi connectivity index (χ4v) is 3.46. The molecule has 1 aliphatic heterocycles. The second-order valence-corrected chi connectivity index (χ2v) is 6.34. The highest BCUT2D eigenvalue weighted by atomic mass is 16.2. The largest absolute Gasteiger partial charge is 0.353 e. The number of aryl methyl sites for hydroxylation is 1. The average Bonchev–Trinajstić information content (AvgIpc) is 3.17. The van der Waals surface area contributed by atoms with Crippen molar-refractivity contribution in [2.75, 3.05) is 11.4 Å². The summed E-state index contributed by atoms with van der Waals surface area (Å²) in [5.74, 6) is -0.643. The van der Waals surface area contributed by atoms with Crippen LogP contribution >= 0.6 is 0 Å². The van der Waals surface area contributed by atoms with Crippen molar-refractivity contribution in [1.82, 2.24) is 5.32 Å². The first-order valence-corrected chi connectivity index (χ1v) is 8.39. The van der Waals surface area contributed by atoms with Crippen LogP contribution in [0.4, 0.5) is 5.69 Å². The van der Waals surface area contributed by atoms with Crippen molar-refractivity contribution >= 4 is 17.5 Å². The first-order valence-electron chi connectivity index (χ1n) is 8.39. The molecule has 1 aromatic carbocycles. The number of rotatable bonds is 4. The zero-order chi connectivity index (χ0) is 15.5. The number of nitrogens with zero attached hydrogens (tertiary/aromatic N) is 1. The molecule has 1 aliphatic carbocycles. The predicted molar refractivity (Wildman–Crippen MR) is 86.7 cm³/mol. The van der Waals surface area contributed by atoms with Crippen LogP contribution < -0.4 is 10.2 Å². The zero-order valence-corrected chi connectivity index (χ0v) is 13.2. The maximum absolute atomic E-state index is 12.5. The van der Waals surface area contributed by atoms with Gasteiger partial charge in [0.2, 0.25) is 11.8 Å². The van der Waals surface area contributed by atoms with E-state index in [2.05, 4.69) is 24.4 Å². The third-order valence-electron chi connectivity index (χ3n) is 4.88. The maximum Gasteiger partial charge on any atom is 0.239 e. The van der Waals surface area contributed by atoms with Gasteiger partial charge in [-0.15, -0.1) is 0 Å². The Hall–Kier alpha value is -1.84. The Morgan fingerprint density at radius 3 is 2.50 bits per heavy atom. The number of nitrogens with one attached hydrogen (secondary N) is 1. The number of hydrogen-bond donors (Lipinski definition) is 1. The smallest absolute Gasteiger partial charge is 0.239 e. The van der Waals surface area contributed by atoms with Gasteiger partial charge in [-0.25, -0.2) is 0 Å². The lowest BCUT2D eigenvalue weighted by atomic mass is 10.1. The lowest BCUT2D eigenvalue weighted by Crippen LogP contribution is -2.40. The van der Waals surface area contributed by atoms with Crippen molar-refractivity contribution < 1.29 is 9.59 Å². The minimum Gasteiger partial charge on any atom is -0.353 e. The monoisotopic (exact) mass is 300 g/mol. The lowest BCUT2D eigenvalue weighted by Gasteiger charge is -2.18. The standard InChI is InChI=1S/C18H24N2O2/c1-2-13-7-9-15(10-8-13)20-12-11-16(18(20)22)17(21)19-14-5-3-4-6-14/h7-10,14,16H,2-6,11-12H2,1H3,(H,19,21)/t16-/m0/s1. The highest BCUT2D eigenvalue weighted by Crippen LogP contribution is 2.26. The minimum atomic E-state index is -0.508. The molecule has 1 atom stereocenters. The summed E-state index contributed by atoms with van der Waals surface area (Å²) in [4.78, 5) is 26.6. The summed E-state index contributed by atoms with van der Waals surface area (Å²) in [7, 11) is 0. The molecular formula is C18H24N2O2. The van der Waals surface area contributed by atoms with E-state index in [4.69, 9.17) is 0 Å². The molecule has 4 nitrogen and oxygen atoms in total. The van der Waals surface area contributed by atoms with Crippen molar-refractivity contribution in [1.29, 1.82) is 0 Å². The SMILES string of the molecule is CCc1ccc(N2CC[C@@H](C(=O)NC3CCCC3)C2=O)cc1. The van der Waals surface area contributed by atoms with Crippen LogP contribution in [0.25, 0.3) is 0 Å². The first kappa shape index (κ1) is 15.1. The molecule has 4 heteroatoms. The first-order chi connectivity index (χ1) is 10.7. The molecule has 118 valence electrons. The second-order valence-electron chi connectivity index (χ2n) is 6.34. The molecule has 0 spiro atoms. The van der Waals surface area contributed by atoms with Gasteiger partial charge in [0, 0.05) is 18.3 Å². The third kappa shape index (κ3) is 3.01. The van der Waals surface area contributed by atoms with Crippen molar-refractivity contribution in [2.24, 2.45) is 5.92 Å². The molecule has 0 bridgehead atoms. The molecule has 2 aliphatic rings. The fourth-order valence-electron chi connectivity index (χ4n) is 3.46. The Morgan fingerprint density at radius 2 is 1.86 bits per heavy atom. The van der Waals surface area contributed by atoms with Gasteiger partial charge in [0.05, 0.1) is 0 Å². The Bertz CT molecular complexity index is 547. The molecule has 3 rings (SSSR count). The van der Waals surface area contributed by atoms with E-state index in [0.717, 1.165) is 24.9 Å². The van der Waals surface area contributed by atoms with E-state index in [1.54, 1.807) is 4.90 Å². The van der Waals surface area contributed by atoms with Crippen LogP contribution in [0.1, 0.15) is 44.6 Å². The van der Waals surface area contributed by atoms with Crippen LogP contribution in [0.3, 0.4) is 0 Å². The van der Waals surface area contributed by atoms with Gasteiger partial charge < -0.3 is 10.2 Å². The van der Waals surface area contributed by atoms with E-state index < -0.39 is 5.92 Å². The van der Waals surface area contributed by atoms with Crippen molar-refractivity contribution in [3.05, 3.63) is 29.8 Å². The number of carbonyl (C=O) groups is 2. The van der Waals surface area contributed by atoms with Gasteiger partial charge in [-0.05, 0) is 43.4 Å². The van der Waals surface area contributed by atoms with Crippen LogP contribution in [0, 0.1) is 5.92 Å². The molecule has 1 saturated heterocycles. The molecular weight excluding hydrogens is 276 g/mol. The summed E-state index contributed by atoms with van der Waals surface area (Å²) >= 11 is 0. The molecule has 0 aromatic heterocycles. The Labute approximate surface area is 131 Å². The highest BCUT2D eigenvalue weighted by molar-refractivity contribution is 6.09. The summed E-state index contributed by atoms with van der Waals surface area (Å²) in [6, 6.07) is 8.34. The van der Waals surface area contributed by atoms with Gasteiger partial charge >= 0.3 is 0 Å². The molecule has 1 N–H and O–H groups in total. The second kappa shape index (κ2) is 6.51. The summed E-state index contributed by atoms with van der Waals surface area (Å²) in [5.41, 5.74) is 2.16. The van der Waals surface area contributed by atoms with Crippen LogP contribution in [0.15, 0.2) is 24.3 Å². The highest BCUT2D eigenvalue weighted by Gasteiger charge is 2.38. The van der Waals surface area contributed by atoms with Crippen molar-refractivity contribution in [3.63, 3.8) is 0 Å². The Kier molecular flexibility index (Phi) is 4.46. The predicted octanol–water partition coefficient (Wildman–Crippen LogP) is 2.66. The van der Waals surface area contributed by atoms with Crippen LogP contribution in [-0.4, -0.2) is 24.4 Å². The molecule has 2 fully saturated rings. The number of anilines is 1. The zero-order valence-electron chi connectivity index (χ0n) is 13.2. The summed E-state index contributed by atoms with van der Waals surface area (Å²) < 4.78 is 0. The fraction of sp³-hybridized carbons (Fsp3) is 0.556. The van der Waals surface area contributed by atoms with Crippen molar-refractivity contribution in [3.8, 4) is 0 Å². The van der Waals surface area contributed by atoms with Gasteiger partial charge in [0.15, 0.2) is 0 Å². The van der Waals surface area contributed by atoms with E-state index in [1.807, 2.05) is 12.1 Å². The van der Waals surface area contributed by atoms with Gasteiger partial charge in [-0.2, -0.15) is 0 Å². The molecule has 0 unspecified atom stereocenters. The van der Waals surface area contributed by atoms with E-state index in [0.29, 0.717) is 13.0 Å². The van der Waals surface area contributed by atoms with E-state index in [-0.39, 0.29) is 17.9 Å². The lowest BCUT2D eigenvalue weighted by molar-refractivity contribution is -0.132. The Morgan fingerprint density at radius 1 is 1.18 bits per heavy atom. The Balaban J connectivity index is 1.64. The molecule has 1 aromatic rings. The van der Waals surface area contributed by atoms with Crippen LogP contribution in [-0.2, 0) is 16.0 Å². The van der Waals surface area contributed by atoms with E-state index in [9.17, 15) is 9.59 Å². The number of hydrogen-bond acceptors (Lipinski definition) is 2. The third-order valence-corrected chi connectivity index (χ3v) is 4.88. The average molecular weight is 300 g/mol. The van der Waals surface area contributed by atoms with E-state index >= 15 is 0 Å². The maximum atomic E-state index is 12.5. The van der Waals surface area contributed by atoms with Gasteiger partial charge in [-0.1, -0.05) is 31.9 Å². The summed E-state index contributed by atoms with van der Waals surface area (Å²) in [6.45, 7) is 2.74. The van der Waals surface area contributed by atoms with Crippen molar-refractivity contribution in [2.45, 2.75) is 51.5 Å². The van der Waals surface area contributed by atoms with Crippen LogP contribution in [0.2, 0.25) is 0 Å². The molecule has 1 heterocycles. The summed E-state index contributed by atoms with van der Waals surface area (Å²) in [6.07, 6.45) is 6.07. The molecule has 2 amide bonds. The minimum absolute atomic E-state index is 0.0558. The normalized spacial score (nSPS) is 22.3. The molecule has 0 radical (unpaired) electrons. The molecule has 1 saturated carbocycles. The van der Waals surface area contributed by atoms with Gasteiger partial charge in [0.1, 0.15) is 5.92 Å². The number of carbonyl (C=O) groups excluding carboxylic acids is 2. The summed E-state index contributed by atoms with van der Waals surface area (Å²) in [5, 5.41) is 3.06. The quantitative estimate of drug-likeness (QED) is 0.869. The topological polar surface area (TPSA) is 49.4 Å². The molecule has 22 heavy (non-hydrogen) atoms. The number of amides is 2. The van der Waals surface area contributed by atoms with Gasteiger partial charge in [0.25, 0.3) is 0 Å². The van der Waals surface area contributed by atoms with Gasteiger partial charge in [-0.3, -0.25) is 9.59 Å². The number of benzene rings is 1.